The van der Waals surface area contributed by atoms with Crippen molar-refractivity contribution in [2.24, 2.45) is 5.10 Å². The Morgan fingerprint density at radius 1 is 1.39 bits per heavy atom. The average Bonchev–Trinajstić information content (AvgIpc) is 2.35. The number of carbonyl (C=O) groups is 1. The second kappa shape index (κ2) is 4.70. The minimum atomic E-state index is -1.29. The van der Waals surface area contributed by atoms with E-state index in [-0.39, 0.29) is 11.3 Å². The highest BCUT2D eigenvalue weighted by Gasteiger charge is 2.08. The first-order chi connectivity index (χ1) is 8.58. The summed E-state index contributed by atoms with van der Waals surface area (Å²) in [7, 11) is 0. The maximum atomic E-state index is 11.7. The highest BCUT2D eigenvalue weighted by Crippen LogP contribution is 2.12. The molecule has 0 aliphatic rings. The van der Waals surface area contributed by atoms with Crippen LogP contribution in [-0.2, 0) is 0 Å². The number of hydrogen-bond acceptors (Lipinski definition) is 4. The second-order valence-corrected chi connectivity index (χ2v) is 3.60. The van der Waals surface area contributed by atoms with Crippen LogP contribution in [0.2, 0.25) is 0 Å². The SMILES string of the molecule is C/C(=N/NC(=O)O)c1cc2ccccc2oc1=O. The van der Waals surface area contributed by atoms with Crippen LogP contribution in [0, 0.1) is 0 Å². The van der Waals surface area contributed by atoms with Crippen molar-refractivity contribution in [3.8, 4) is 0 Å². The summed E-state index contributed by atoms with van der Waals surface area (Å²) in [6, 6.07) is 8.66. The quantitative estimate of drug-likeness (QED) is 0.480. The highest BCUT2D eigenvalue weighted by molar-refractivity contribution is 6.00. The van der Waals surface area contributed by atoms with Gasteiger partial charge >= 0.3 is 11.7 Å². The molecule has 0 radical (unpaired) electrons. The fourth-order valence-electron chi connectivity index (χ4n) is 1.51. The van der Waals surface area contributed by atoms with E-state index in [0.29, 0.717) is 5.58 Å². The molecule has 2 N–H and O–H groups in total. The van der Waals surface area contributed by atoms with E-state index in [4.69, 9.17) is 9.52 Å². The molecule has 6 nitrogen and oxygen atoms in total. The highest BCUT2D eigenvalue weighted by atomic mass is 16.4. The van der Waals surface area contributed by atoms with Gasteiger partial charge in [-0.15, -0.1) is 0 Å². The summed E-state index contributed by atoms with van der Waals surface area (Å²) in [4.78, 5) is 22.0. The summed E-state index contributed by atoms with van der Waals surface area (Å²) in [6.07, 6.45) is -1.29. The normalized spacial score (nSPS) is 11.5. The Morgan fingerprint density at radius 2 is 2.11 bits per heavy atom. The van der Waals surface area contributed by atoms with Crippen LogP contribution >= 0.6 is 0 Å². The number of fused-ring (bicyclic) bond motifs is 1. The minimum Gasteiger partial charge on any atom is -0.464 e. The Kier molecular flexibility index (Phi) is 3.09. The zero-order valence-corrected chi connectivity index (χ0v) is 9.51. The Labute approximate surface area is 102 Å². The third-order valence-corrected chi connectivity index (χ3v) is 2.35. The molecule has 18 heavy (non-hydrogen) atoms. The zero-order valence-electron chi connectivity index (χ0n) is 9.51. The summed E-state index contributed by atoms with van der Waals surface area (Å²) >= 11 is 0. The van der Waals surface area contributed by atoms with Crippen LogP contribution in [0.15, 0.2) is 44.6 Å². The fraction of sp³-hybridized carbons (Fsp3) is 0.0833. The summed E-state index contributed by atoms with van der Waals surface area (Å²) in [5, 5.41) is 12.7. The molecule has 1 aromatic carbocycles. The Hall–Kier alpha value is -2.63. The van der Waals surface area contributed by atoms with E-state index in [1.807, 2.05) is 11.5 Å². The van der Waals surface area contributed by atoms with Gasteiger partial charge in [0.2, 0.25) is 0 Å². The van der Waals surface area contributed by atoms with Crippen LogP contribution in [-0.4, -0.2) is 16.9 Å². The molecule has 2 rings (SSSR count). The van der Waals surface area contributed by atoms with Gasteiger partial charge in [0.15, 0.2) is 0 Å². The van der Waals surface area contributed by atoms with Crippen molar-refractivity contribution < 1.29 is 14.3 Å². The first-order valence-electron chi connectivity index (χ1n) is 5.14. The van der Waals surface area contributed by atoms with E-state index in [0.717, 1.165) is 5.39 Å². The van der Waals surface area contributed by atoms with Gasteiger partial charge in [0.05, 0.1) is 11.3 Å². The zero-order chi connectivity index (χ0) is 13.1. The maximum absolute atomic E-state index is 11.7. The van der Waals surface area contributed by atoms with Gasteiger partial charge < -0.3 is 9.52 Å². The number of nitrogens with one attached hydrogen (secondary N) is 1. The molecule has 0 aliphatic carbocycles. The largest absolute Gasteiger partial charge is 0.464 e. The van der Waals surface area contributed by atoms with Crippen molar-refractivity contribution in [1.29, 1.82) is 0 Å². The first-order valence-corrected chi connectivity index (χ1v) is 5.14. The number of nitrogens with zero attached hydrogens (tertiary/aromatic N) is 1. The topological polar surface area (TPSA) is 91.9 Å². The van der Waals surface area contributed by atoms with E-state index >= 15 is 0 Å². The number of hydrazone groups is 1. The molecule has 6 heteroatoms. The smallest absolute Gasteiger partial charge is 0.425 e. The summed E-state index contributed by atoms with van der Waals surface area (Å²) in [5.41, 5.74) is 2.24. The number of rotatable bonds is 2. The summed E-state index contributed by atoms with van der Waals surface area (Å²) in [5.74, 6) is 0. The fourth-order valence-corrected chi connectivity index (χ4v) is 1.51. The standard InChI is InChI=1S/C12H10N2O4/c1-7(13-14-12(16)17)9-6-8-4-2-3-5-10(8)18-11(9)15/h2-6,14H,1H3,(H,16,17)/b13-7-. The number of hydrogen-bond donors (Lipinski definition) is 2. The van der Waals surface area contributed by atoms with Gasteiger partial charge in [-0.25, -0.2) is 15.0 Å². The molecule has 0 spiro atoms. The predicted molar refractivity (Wildman–Crippen MR) is 65.9 cm³/mol. The van der Waals surface area contributed by atoms with Gasteiger partial charge in [0.1, 0.15) is 5.58 Å². The minimum absolute atomic E-state index is 0.224. The molecule has 1 heterocycles. The van der Waals surface area contributed by atoms with E-state index < -0.39 is 11.7 Å². The number of carboxylic acid groups (broad SMARTS) is 1. The lowest BCUT2D eigenvalue weighted by molar-refractivity contribution is 0.195. The van der Waals surface area contributed by atoms with Crippen LogP contribution < -0.4 is 11.1 Å². The van der Waals surface area contributed by atoms with Crippen molar-refractivity contribution in [3.63, 3.8) is 0 Å². The summed E-state index contributed by atoms with van der Waals surface area (Å²) < 4.78 is 5.11. The average molecular weight is 246 g/mol. The van der Waals surface area contributed by atoms with Gasteiger partial charge in [-0.1, -0.05) is 18.2 Å². The molecule has 0 atom stereocenters. The van der Waals surface area contributed by atoms with Gasteiger partial charge in [0, 0.05) is 5.39 Å². The first kappa shape index (κ1) is 11.8. The molecule has 0 bridgehead atoms. The van der Waals surface area contributed by atoms with Crippen LogP contribution in [0.3, 0.4) is 0 Å². The van der Waals surface area contributed by atoms with Crippen molar-refractivity contribution in [2.45, 2.75) is 6.92 Å². The molecule has 0 saturated heterocycles. The lowest BCUT2D eigenvalue weighted by atomic mass is 10.1. The van der Waals surface area contributed by atoms with E-state index in [1.54, 1.807) is 24.3 Å². The van der Waals surface area contributed by atoms with Crippen molar-refractivity contribution >= 4 is 22.8 Å². The predicted octanol–water partition coefficient (Wildman–Crippen LogP) is 1.78. The molecule has 1 amide bonds. The third-order valence-electron chi connectivity index (χ3n) is 2.35. The molecule has 1 aromatic heterocycles. The molecule has 92 valence electrons. The van der Waals surface area contributed by atoms with Crippen LogP contribution in [0.4, 0.5) is 4.79 Å². The lowest BCUT2D eigenvalue weighted by Crippen LogP contribution is -2.19. The Bertz CT molecular complexity index is 688. The van der Waals surface area contributed by atoms with Crippen LogP contribution in [0.5, 0.6) is 0 Å². The second-order valence-electron chi connectivity index (χ2n) is 3.60. The van der Waals surface area contributed by atoms with Crippen molar-refractivity contribution in [3.05, 3.63) is 46.3 Å². The van der Waals surface area contributed by atoms with Gasteiger partial charge in [0.25, 0.3) is 0 Å². The number of para-hydroxylation sites is 1. The molecule has 0 aliphatic heterocycles. The third kappa shape index (κ3) is 2.37. The summed E-state index contributed by atoms with van der Waals surface area (Å²) in [6.45, 7) is 1.52. The Morgan fingerprint density at radius 3 is 2.83 bits per heavy atom. The number of amides is 1. The molecule has 0 fully saturated rings. The Balaban J connectivity index is 2.51. The van der Waals surface area contributed by atoms with E-state index in [9.17, 15) is 9.59 Å². The molecular formula is C12H10N2O4. The number of benzene rings is 1. The van der Waals surface area contributed by atoms with Gasteiger partial charge in [-0.2, -0.15) is 5.10 Å². The lowest BCUT2D eigenvalue weighted by Gasteiger charge is -2.01. The van der Waals surface area contributed by atoms with Crippen molar-refractivity contribution in [1.82, 2.24) is 5.43 Å². The molecule has 0 unspecified atom stereocenters. The van der Waals surface area contributed by atoms with Crippen LogP contribution in [0.25, 0.3) is 11.0 Å². The van der Waals surface area contributed by atoms with Gasteiger partial charge in [-0.05, 0) is 19.1 Å². The molecule has 0 saturated carbocycles. The molecular weight excluding hydrogens is 236 g/mol. The van der Waals surface area contributed by atoms with E-state index in [1.165, 1.54) is 6.92 Å². The maximum Gasteiger partial charge on any atom is 0.425 e. The van der Waals surface area contributed by atoms with Crippen molar-refractivity contribution in [2.75, 3.05) is 0 Å². The van der Waals surface area contributed by atoms with Crippen LogP contribution in [0.1, 0.15) is 12.5 Å². The molecule has 2 aromatic rings. The monoisotopic (exact) mass is 246 g/mol. The van der Waals surface area contributed by atoms with Gasteiger partial charge in [-0.3, -0.25) is 0 Å². The van der Waals surface area contributed by atoms with E-state index in [2.05, 4.69) is 5.10 Å².